The number of nitrogens with zero attached hydrogens (tertiary/aromatic N) is 3. The van der Waals surface area contributed by atoms with Gasteiger partial charge in [0.05, 0.1) is 22.2 Å². The van der Waals surface area contributed by atoms with E-state index in [1.807, 2.05) is 71.3 Å². The van der Waals surface area contributed by atoms with E-state index in [4.69, 9.17) is 0 Å². The molecule has 2 fully saturated rings. The molecule has 38 heavy (non-hydrogen) atoms. The minimum atomic E-state index is -1.01. The molecule has 9 heteroatoms. The van der Waals surface area contributed by atoms with Crippen molar-refractivity contribution in [3.63, 3.8) is 0 Å². The van der Waals surface area contributed by atoms with Gasteiger partial charge in [0, 0.05) is 13.1 Å². The molecule has 1 saturated carbocycles. The lowest BCUT2D eigenvalue weighted by atomic mass is 9.85. The van der Waals surface area contributed by atoms with Crippen molar-refractivity contribution >= 4 is 29.1 Å². The van der Waals surface area contributed by atoms with Crippen LogP contribution in [0.15, 0.2) is 29.8 Å². The van der Waals surface area contributed by atoms with E-state index >= 15 is 0 Å². The summed E-state index contributed by atoms with van der Waals surface area (Å²) in [4.78, 5) is 46.4. The molecule has 1 saturated heterocycles. The van der Waals surface area contributed by atoms with Gasteiger partial charge in [-0.1, -0.05) is 58.9 Å². The molecule has 0 bridgehead atoms. The zero-order chi connectivity index (χ0) is 28.1. The van der Waals surface area contributed by atoms with Gasteiger partial charge in [-0.25, -0.2) is 4.98 Å². The first kappa shape index (κ1) is 29.3. The van der Waals surface area contributed by atoms with E-state index in [1.54, 1.807) is 16.2 Å². The van der Waals surface area contributed by atoms with E-state index in [2.05, 4.69) is 21.7 Å². The first-order chi connectivity index (χ1) is 18.1. The third-order valence-corrected chi connectivity index (χ3v) is 8.03. The lowest BCUT2D eigenvalue weighted by Gasteiger charge is -2.35. The second-order valence-corrected chi connectivity index (χ2v) is 11.7. The zero-order valence-corrected chi connectivity index (χ0v) is 24.1. The van der Waals surface area contributed by atoms with Crippen LogP contribution in [0.5, 0.6) is 0 Å². The Hall–Kier alpha value is -3.25. The number of hydrogen-bond acceptors (Lipinski definition) is 6. The Morgan fingerprint density at radius 1 is 1.21 bits per heavy atom. The quantitative estimate of drug-likeness (QED) is 0.536. The summed E-state index contributed by atoms with van der Waals surface area (Å²) in [5.41, 5.74) is 3.31. The highest BCUT2D eigenvalue weighted by Crippen LogP contribution is 2.45. The van der Waals surface area contributed by atoms with Gasteiger partial charge < -0.3 is 15.5 Å². The first-order valence-electron chi connectivity index (χ1n) is 13.4. The number of carbonyl (C=O) groups is 3. The van der Waals surface area contributed by atoms with E-state index < -0.39 is 28.8 Å². The van der Waals surface area contributed by atoms with Gasteiger partial charge in [-0.2, -0.15) is 5.26 Å². The Morgan fingerprint density at radius 2 is 1.87 bits per heavy atom. The molecule has 2 heterocycles. The molecule has 2 aliphatic rings. The van der Waals surface area contributed by atoms with E-state index in [0.717, 1.165) is 28.1 Å². The molecule has 3 amide bonds. The Kier molecular flexibility index (Phi) is 9.31. The van der Waals surface area contributed by atoms with Crippen LogP contribution < -0.4 is 10.6 Å². The van der Waals surface area contributed by atoms with Gasteiger partial charge in [0.1, 0.15) is 17.5 Å². The number of benzene rings is 1. The average Bonchev–Trinajstić information content (AvgIpc) is 3.34. The normalized spacial score (nSPS) is 18.4. The standard InChI is InChI=1S/C27H33N5O3S.C2H6/c1-17-21(36-16-30-17)19-9-7-18(8-10-19)14-29-23(33)20-6-5-13-32(20)24(34)22(26(2,3)4)31-25(35)27(15-28)11-12-27;1-2/h7-10,16,20,22H,5-6,11-14H2,1-4H3,(H,29,33)(H,31,35);1-2H3. The molecule has 2 unspecified atom stereocenters. The van der Waals surface area contributed by atoms with E-state index in [1.165, 1.54) is 0 Å². The third kappa shape index (κ3) is 6.41. The number of nitriles is 1. The molecule has 2 aromatic rings. The summed E-state index contributed by atoms with van der Waals surface area (Å²) in [6, 6.07) is 8.72. The minimum Gasteiger partial charge on any atom is -0.350 e. The monoisotopic (exact) mass is 537 g/mol. The van der Waals surface area contributed by atoms with Crippen molar-refractivity contribution in [2.75, 3.05) is 6.54 Å². The predicted octanol–water partition coefficient (Wildman–Crippen LogP) is 4.59. The van der Waals surface area contributed by atoms with E-state index in [-0.39, 0.29) is 11.8 Å². The maximum Gasteiger partial charge on any atom is 0.246 e. The number of aromatic nitrogens is 1. The van der Waals surface area contributed by atoms with Crippen LogP contribution in [0.25, 0.3) is 10.4 Å². The average molecular weight is 538 g/mol. The molecule has 204 valence electrons. The van der Waals surface area contributed by atoms with Gasteiger partial charge >= 0.3 is 0 Å². The fourth-order valence-electron chi connectivity index (χ4n) is 4.56. The summed E-state index contributed by atoms with van der Waals surface area (Å²) in [6.45, 7) is 12.5. The fourth-order valence-corrected chi connectivity index (χ4v) is 5.37. The summed E-state index contributed by atoms with van der Waals surface area (Å²) >= 11 is 1.60. The molecule has 8 nitrogen and oxygen atoms in total. The highest BCUT2D eigenvalue weighted by Gasteiger charge is 2.53. The molecule has 1 aliphatic carbocycles. The van der Waals surface area contributed by atoms with Crippen LogP contribution in [0.2, 0.25) is 0 Å². The number of aryl methyl sites for hydroxylation is 1. The van der Waals surface area contributed by atoms with Crippen molar-refractivity contribution < 1.29 is 14.4 Å². The van der Waals surface area contributed by atoms with Crippen LogP contribution in [0.4, 0.5) is 0 Å². The zero-order valence-electron chi connectivity index (χ0n) is 23.3. The smallest absolute Gasteiger partial charge is 0.246 e. The number of likely N-dealkylation sites (tertiary alicyclic amines) is 1. The topological polar surface area (TPSA) is 115 Å². The van der Waals surface area contributed by atoms with Crippen LogP contribution in [0, 0.1) is 29.1 Å². The first-order valence-corrected chi connectivity index (χ1v) is 14.2. The lowest BCUT2D eigenvalue weighted by Crippen LogP contribution is -2.58. The maximum atomic E-state index is 13.6. The van der Waals surface area contributed by atoms with Crippen LogP contribution in [-0.2, 0) is 20.9 Å². The minimum absolute atomic E-state index is 0.196. The molecule has 2 N–H and O–H groups in total. The van der Waals surface area contributed by atoms with Crippen molar-refractivity contribution in [1.29, 1.82) is 5.26 Å². The Bertz CT molecular complexity index is 1190. The molecule has 0 radical (unpaired) electrons. The highest BCUT2D eigenvalue weighted by atomic mass is 32.1. The van der Waals surface area contributed by atoms with Gasteiger partial charge in [0.15, 0.2) is 0 Å². The van der Waals surface area contributed by atoms with Crippen molar-refractivity contribution in [3.8, 4) is 16.5 Å². The van der Waals surface area contributed by atoms with Crippen LogP contribution in [0.3, 0.4) is 0 Å². The molecule has 2 atom stereocenters. The van der Waals surface area contributed by atoms with Crippen molar-refractivity contribution in [2.24, 2.45) is 10.8 Å². The summed E-state index contributed by atoms with van der Waals surface area (Å²) in [7, 11) is 0. The summed E-state index contributed by atoms with van der Waals surface area (Å²) in [5, 5.41) is 15.2. The van der Waals surface area contributed by atoms with Crippen molar-refractivity contribution in [2.45, 2.75) is 85.9 Å². The highest BCUT2D eigenvalue weighted by molar-refractivity contribution is 7.13. The predicted molar refractivity (Wildman–Crippen MR) is 149 cm³/mol. The number of amides is 3. The Balaban J connectivity index is 0.00000195. The number of hydrogen-bond donors (Lipinski definition) is 2. The largest absolute Gasteiger partial charge is 0.350 e. The molecule has 0 spiro atoms. The van der Waals surface area contributed by atoms with Gasteiger partial charge in [-0.05, 0) is 49.1 Å². The SMILES string of the molecule is CC.Cc1ncsc1-c1ccc(CNC(=O)C2CCCN2C(=O)C(NC(=O)C2(C#N)CC2)C(C)(C)C)cc1. The number of carbonyl (C=O) groups excluding carboxylic acids is 3. The summed E-state index contributed by atoms with van der Waals surface area (Å²) in [6.07, 6.45) is 2.33. The Morgan fingerprint density at radius 3 is 2.39 bits per heavy atom. The molecule has 1 aromatic heterocycles. The third-order valence-electron chi connectivity index (χ3n) is 7.05. The molecular weight excluding hydrogens is 498 g/mol. The molecule has 1 aromatic carbocycles. The molecular formula is C29H39N5O3S. The second-order valence-electron chi connectivity index (χ2n) is 10.8. The summed E-state index contributed by atoms with van der Waals surface area (Å²) in [5.74, 6) is -0.861. The maximum absolute atomic E-state index is 13.6. The lowest BCUT2D eigenvalue weighted by molar-refractivity contribution is -0.144. The number of thiazole rings is 1. The fraction of sp³-hybridized carbons (Fsp3) is 0.552. The van der Waals surface area contributed by atoms with Crippen molar-refractivity contribution in [1.82, 2.24) is 20.5 Å². The van der Waals surface area contributed by atoms with Gasteiger partial charge in [-0.15, -0.1) is 11.3 Å². The van der Waals surface area contributed by atoms with Gasteiger partial charge in [-0.3, -0.25) is 14.4 Å². The van der Waals surface area contributed by atoms with Crippen LogP contribution in [0.1, 0.15) is 71.6 Å². The molecule has 1 aliphatic heterocycles. The molecule has 4 rings (SSSR count). The van der Waals surface area contributed by atoms with Crippen LogP contribution >= 0.6 is 11.3 Å². The number of rotatable bonds is 7. The second kappa shape index (κ2) is 12.1. The summed E-state index contributed by atoms with van der Waals surface area (Å²) < 4.78 is 0. The van der Waals surface area contributed by atoms with Gasteiger partial charge in [0.2, 0.25) is 17.7 Å². The van der Waals surface area contributed by atoms with Crippen LogP contribution in [-0.4, -0.2) is 46.2 Å². The van der Waals surface area contributed by atoms with E-state index in [0.29, 0.717) is 32.4 Å². The van der Waals surface area contributed by atoms with Gasteiger partial charge in [0.25, 0.3) is 0 Å². The number of nitrogens with one attached hydrogen (secondary N) is 2. The Labute approximate surface area is 229 Å². The van der Waals surface area contributed by atoms with Crippen molar-refractivity contribution in [3.05, 3.63) is 41.0 Å². The van der Waals surface area contributed by atoms with E-state index in [9.17, 15) is 19.6 Å².